The first-order valence-corrected chi connectivity index (χ1v) is 6.60. The van der Waals surface area contributed by atoms with Crippen molar-refractivity contribution in [3.05, 3.63) is 29.8 Å². The van der Waals surface area contributed by atoms with Crippen LogP contribution in [0.15, 0.2) is 24.3 Å². The minimum Gasteiger partial charge on any atom is -0.494 e. The van der Waals surface area contributed by atoms with Gasteiger partial charge in [0.25, 0.3) is 0 Å². The zero-order chi connectivity index (χ0) is 11.8. The molecule has 0 amide bonds. The van der Waals surface area contributed by atoms with Gasteiger partial charge in [-0.3, -0.25) is 0 Å². The van der Waals surface area contributed by atoms with E-state index in [1.54, 1.807) is 0 Å². The van der Waals surface area contributed by atoms with Gasteiger partial charge in [0.1, 0.15) is 5.75 Å². The van der Waals surface area contributed by atoms with Gasteiger partial charge in [0, 0.05) is 12.8 Å². The summed E-state index contributed by atoms with van der Waals surface area (Å²) in [5, 5.41) is 0. The molecule has 1 aromatic carbocycles. The summed E-state index contributed by atoms with van der Waals surface area (Å²) in [6.45, 7) is 3.26. The Morgan fingerprint density at radius 2 is 2.00 bits per heavy atom. The summed E-state index contributed by atoms with van der Waals surface area (Å²) < 4.78 is 20.7. The molecule has 0 spiro atoms. The van der Waals surface area contributed by atoms with E-state index in [9.17, 15) is 4.21 Å². The van der Waals surface area contributed by atoms with Gasteiger partial charge in [-0.05, 0) is 25.5 Å². The molecular weight excluding hydrogens is 226 g/mol. The van der Waals surface area contributed by atoms with E-state index in [0.717, 1.165) is 12.2 Å². The summed E-state index contributed by atoms with van der Waals surface area (Å²) in [6.07, 6.45) is 2.26. The normalized spacial score (nSPS) is 12.4. The minimum atomic E-state index is -1.26. The first-order valence-electron chi connectivity index (χ1n) is 5.11. The lowest BCUT2D eigenvalue weighted by Gasteiger charge is -2.06. The van der Waals surface area contributed by atoms with Crippen LogP contribution >= 0.6 is 0 Å². The van der Waals surface area contributed by atoms with Gasteiger partial charge in [-0.2, -0.15) is 5.48 Å². The molecule has 0 saturated carbocycles. The molecule has 1 aromatic rings. The second-order valence-electron chi connectivity index (χ2n) is 3.39. The summed E-state index contributed by atoms with van der Waals surface area (Å²) in [4.78, 5) is 0. The molecular formula is C11H17NO3S. The SMILES string of the molecule is Cc1ccc(OCCCNOS(C)=O)cc1. The molecule has 1 N–H and O–H groups in total. The van der Waals surface area contributed by atoms with Crippen molar-refractivity contribution in [2.45, 2.75) is 13.3 Å². The summed E-state index contributed by atoms with van der Waals surface area (Å²) in [5.74, 6) is 0.866. The minimum absolute atomic E-state index is 0.607. The standard InChI is InChI=1S/C11H17NO3S/c1-10-4-6-11(7-5-10)14-9-3-8-12-15-16(2)13/h4-7,12H,3,8-9H2,1-2H3. The number of hydrogen-bond acceptors (Lipinski definition) is 4. The van der Waals surface area contributed by atoms with Crippen molar-refractivity contribution in [1.82, 2.24) is 5.48 Å². The van der Waals surface area contributed by atoms with Gasteiger partial charge in [-0.15, -0.1) is 0 Å². The van der Waals surface area contributed by atoms with E-state index in [2.05, 4.69) is 9.76 Å². The van der Waals surface area contributed by atoms with Crippen LogP contribution in [-0.2, 0) is 15.4 Å². The van der Waals surface area contributed by atoms with E-state index in [-0.39, 0.29) is 0 Å². The molecule has 16 heavy (non-hydrogen) atoms. The molecule has 0 heterocycles. The van der Waals surface area contributed by atoms with Gasteiger partial charge in [0.05, 0.1) is 6.61 Å². The van der Waals surface area contributed by atoms with E-state index in [4.69, 9.17) is 4.74 Å². The molecule has 0 radical (unpaired) electrons. The van der Waals surface area contributed by atoms with Crippen LogP contribution in [0.2, 0.25) is 0 Å². The highest BCUT2D eigenvalue weighted by molar-refractivity contribution is 7.79. The monoisotopic (exact) mass is 243 g/mol. The molecule has 0 saturated heterocycles. The average Bonchev–Trinajstić information content (AvgIpc) is 2.25. The van der Waals surface area contributed by atoms with E-state index in [1.807, 2.05) is 31.2 Å². The Morgan fingerprint density at radius 3 is 2.62 bits per heavy atom. The maximum atomic E-state index is 10.5. The Bertz CT molecular complexity index is 327. The molecule has 1 atom stereocenters. The largest absolute Gasteiger partial charge is 0.494 e. The van der Waals surface area contributed by atoms with Gasteiger partial charge in [0.2, 0.25) is 0 Å². The van der Waals surface area contributed by atoms with Crippen LogP contribution in [0, 0.1) is 6.92 Å². The van der Waals surface area contributed by atoms with Crippen LogP contribution in [0.25, 0.3) is 0 Å². The van der Waals surface area contributed by atoms with E-state index in [0.29, 0.717) is 13.2 Å². The zero-order valence-electron chi connectivity index (χ0n) is 9.56. The second kappa shape index (κ2) is 7.38. The van der Waals surface area contributed by atoms with Crippen molar-refractivity contribution >= 4 is 11.1 Å². The first-order chi connectivity index (χ1) is 7.68. The quantitative estimate of drug-likeness (QED) is 0.583. The van der Waals surface area contributed by atoms with Crippen LogP contribution in [0.1, 0.15) is 12.0 Å². The second-order valence-corrected chi connectivity index (χ2v) is 4.36. The van der Waals surface area contributed by atoms with Crippen molar-refractivity contribution in [3.8, 4) is 5.75 Å². The lowest BCUT2D eigenvalue weighted by Crippen LogP contribution is -2.18. The van der Waals surface area contributed by atoms with Gasteiger partial charge in [0.15, 0.2) is 11.1 Å². The highest BCUT2D eigenvalue weighted by Gasteiger charge is 1.94. The summed E-state index contributed by atoms with van der Waals surface area (Å²) in [6, 6.07) is 7.91. The Balaban J connectivity index is 2.07. The summed E-state index contributed by atoms with van der Waals surface area (Å²) in [7, 11) is 0. The van der Waals surface area contributed by atoms with Crippen LogP contribution in [-0.4, -0.2) is 23.6 Å². The van der Waals surface area contributed by atoms with Crippen LogP contribution in [0.3, 0.4) is 0 Å². The van der Waals surface area contributed by atoms with Crippen molar-refractivity contribution in [2.24, 2.45) is 0 Å². The predicted octanol–water partition coefficient (Wildman–Crippen LogP) is 1.58. The van der Waals surface area contributed by atoms with Gasteiger partial charge < -0.3 is 4.74 Å². The van der Waals surface area contributed by atoms with Crippen LogP contribution in [0.4, 0.5) is 0 Å². The summed E-state index contributed by atoms with van der Waals surface area (Å²) >= 11 is -1.26. The van der Waals surface area contributed by atoms with Gasteiger partial charge >= 0.3 is 0 Å². The third-order valence-electron chi connectivity index (χ3n) is 1.89. The topological polar surface area (TPSA) is 47.6 Å². The number of benzene rings is 1. The molecule has 0 fully saturated rings. The number of aryl methyl sites for hydroxylation is 1. The maximum absolute atomic E-state index is 10.5. The number of ether oxygens (including phenoxy) is 1. The molecule has 4 nitrogen and oxygen atoms in total. The maximum Gasteiger partial charge on any atom is 0.169 e. The number of rotatable bonds is 7. The van der Waals surface area contributed by atoms with Crippen LogP contribution < -0.4 is 10.2 Å². The zero-order valence-corrected chi connectivity index (χ0v) is 10.4. The molecule has 1 rings (SSSR count). The Kier molecular flexibility index (Phi) is 6.07. The molecule has 0 aromatic heterocycles. The molecule has 0 aliphatic heterocycles. The molecule has 0 aliphatic rings. The van der Waals surface area contributed by atoms with Crippen molar-refractivity contribution < 1.29 is 13.2 Å². The fourth-order valence-electron chi connectivity index (χ4n) is 1.09. The smallest absolute Gasteiger partial charge is 0.169 e. The third-order valence-corrected chi connectivity index (χ3v) is 2.24. The highest BCUT2D eigenvalue weighted by Crippen LogP contribution is 2.11. The molecule has 0 aliphatic carbocycles. The Labute approximate surface area is 98.6 Å². The lowest BCUT2D eigenvalue weighted by atomic mass is 10.2. The van der Waals surface area contributed by atoms with Crippen LogP contribution in [0.5, 0.6) is 5.75 Å². The van der Waals surface area contributed by atoms with E-state index >= 15 is 0 Å². The molecule has 1 unspecified atom stereocenters. The average molecular weight is 243 g/mol. The highest BCUT2D eigenvalue weighted by atomic mass is 32.2. The number of nitrogens with one attached hydrogen (secondary N) is 1. The van der Waals surface area contributed by atoms with E-state index < -0.39 is 11.1 Å². The van der Waals surface area contributed by atoms with Crippen molar-refractivity contribution in [1.29, 1.82) is 0 Å². The fourth-order valence-corrected chi connectivity index (χ4v) is 1.34. The van der Waals surface area contributed by atoms with E-state index in [1.165, 1.54) is 11.8 Å². The summed E-state index contributed by atoms with van der Waals surface area (Å²) in [5.41, 5.74) is 3.82. The number of hydrogen-bond donors (Lipinski definition) is 1. The van der Waals surface area contributed by atoms with Crippen molar-refractivity contribution in [3.63, 3.8) is 0 Å². The lowest BCUT2D eigenvalue weighted by molar-refractivity contribution is 0.207. The van der Waals surface area contributed by atoms with Gasteiger partial charge in [-0.1, -0.05) is 17.7 Å². The first kappa shape index (κ1) is 13.2. The van der Waals surface area contributed by atoms with Gasteiger partial charge in [-0.25, -0.2) is 8.49 Å². The molecule has 5 heteroatoms. The Morgan fingerprint density at radius 1 is 1.31 bits per heavy atom. The predicted molar refractivity (Wildman–Crippen MR) is 64.4 cm³/mol. The molecule has 90 valence electrons. The fraction of sp³-hybridized carbons (Fsp3) is 0.455. The van der Waals surface area contributed by atoms with Crippen molar-refractivity contribution in [2.75, 3.05) is 19.4 Å². The number of hydroxylamine groups is 1. The Hall–Kier alpha value is -0.910. The molecule has 0 bridgehead atoms. The third kappa shape index (κ3) is 5.85.